The summed E-state index contributed by atoms with van der Waals surface area (Å²) in [5.74, 6) is 0.706. The van der Waals surface area contributed by atoms with E-state index >= 15 is 0 Å². The molecule has 0 saturated carbocycles. The van der Waals surface area contributed by atoms with Crippen LogP contribution in [-0.2, 0) is 24.6 Å². The minimum atomic E-state index is 0.507. The molecule has 1 aromatic heterocycles. The number of nitrogens with zero attached hydrogens (tertiary/aromatic N) is 2. The van der Waals surface area contributed by atoms with Gasteiger partial charge < -0.3 is 10.1 Å². The van der Waals surface area contributed by atoms with Crippen molar-refractivity contribution in [3.63, 3.8) is 0 Å². The summed E-state index contributed by atoms with van der Waals surface area (Å²) in [6, 6.07) is 0.507. The molecule has 0 radical (unpaired) electrons. The number of hydrogen-bond acceptors (Lipinski definition) is 3. The average molecular weight is 358 g/mol. The van der Waals surface area contributed by atoms with Gasteiger partial charge >= 0.3 is 0 Å². The summed E-state index contributed by atoms with van der Waals surface area (Å²) in [7, 11) is 2.05. The van der Waals surface area contributed by atoms with Gasteiger partial charge in [0.2, 0.25) is 0 Å². The van der Waals surface area contributed by atoms with Crippen molar-refractivity contribution in [2.75, 3.05) is 19.8 Å². The molecule has 1 aliphatic rings. The van der Waals surface area contributed by atoms with Gasteiger partial charge in [-0.3, -0.25) is 4.68 Å². The summed E-state index contributed by atoms with van der Waals surface area (Å²) >= 11 is 3.74. The van der Waals surface area contributed by atoms with Gasteiger partial charge in [-0.15, -0.1) is 0 Å². The Hall–Kier alpha value is -0.390. The summed E-state index contributed by atoms with van der Waals surface area (Å²) < 4.78 is 8.76. The van der Waals surface area contributed by atoms with E-state index < -0.39 is 0 Å². The molecular weight excluding hydrogens is 330 g/mol. The number of aromatic nitrogens is 2. The third-order valence-corrected chi connectivity index (χ3v) is 5.18. The standard InChI is InChI=1S/C16H28BrN3O/c1-4-7-18-13(9-12-6-8-21-11-12)10-15-16(17)14(5-2)19-20(15)3/h12-13,18H,4-11H2,1-3H3. The molecule has 1 aromatic rings. The third kappa shape index (κ3) is 4.54. The van der Waals surface area contributed by atoms with E-state index in [1.54, 1.807) is 0 Å². The summed E-state index contributed by atoms with van der Waals surface area (Å²) in [6.45, 7) is 7.31. The maximum Gasteiger partial charge on any atom is 0.0766 e. The SMILES string of the molecule is CCCNC(Cc1c(Br)c(CC)nn1C)CC1CCOC1. The Morgan fingerprint density at radius 1 is 1.48 bits per heavy atom. The zero-order valence-corrected chi connectivity index (χ0v) is 15.1. The first-order valence-corrected chi connectivity index (χ1v) is 8.96. The topological polar surface area (TPSA) is 39.1 Å². The number of halogens is 1. The van der Waals surface area contributed by atoms with Crippen LogP contribution in [-0.4, -0.2) is 35.6 Å². The third-order valence-electron chi connectivity index (χ3n) is 4.27. The van der Waals surface area contributed by atoms with E-state index in [2.05, 4.69) is 47.2 Å². The number of aryl methyl sites for hydroxylation is 2. The van der Waals surface area contributed by atoms with Crippen LogP contribution in [0, 0.1) is 5.92 Å². The van der Waals surface area contributed by atoms with Crippen LogP contribution in [0.15, 0.2) is 4.47 Å². The fourth-order valence-corrected chi connectivity index (χ4v) is 3.81. The molecule has 1 saturated heterocycles. The van der Waals surface area contributed by atoms with Gasteiger partial charge in [0.1, 0.15) is 0 Å². The maximum atomic E-state index is 5.53. The highest BCUT2D eigenvalue weighted by molar-refractivity contribution is 9.10. The van der Waals surface area contributed by atoms with Gasteiger partial charge in [0.05, 0.1) is 15.9 Å². The minimum absolute atomic E-state index is 0.507. The number of hydrogen-bond donors (Lipinski definition) is 1. The molecular formula is C16H28BrN3O. The molecule has 5 heteroatoms. The van der Waals surface area contributed by atoms with Crippen LogP contribution in [0.5, 0.6) is 0 Å². The number of rotatable bonds is 8. The van der Waals surface area contributed by atoms with E-state index in [-0.39, 0.29) is 0 Å². The van der Waals surface area contributed by atoms with Gasteiger partial charge in [-0.05, 0) is 54.1 Å². The van der Waals surface area contributed by atoms with Crippen molar-refractivity contribution in [1.29, 1.82) is 0 Å². The Morgan fingerprint density at radius 2 is 2.29 bits per heavy atom. The highest BCUT2D eigenvalue weighted by Gasteiger charge is 2.23. The summed E-state index contributed by atoms with van der Waals surface area (Å²) in [4.78, 5) is 0. The first-order chi connectivity index (χ1) is 10.2. The molecule has 0 aliphatic carbocycles. The molecule has 0 amide bonds. The van der Waals surface area contributed by atoms with Gasteiger partial charge in [-0.1, -0.05) is 13.8 Å². The molecule has 21 heavy (non-hydrogen) atoms. The summed E-state index contributed by atoms with van der Waals surface area (Å²) in [6.07, 6.45) is 5.57. The van der Waals surface area contributed by atoms with Crippen LogP contribution in [0.4, 0.5) is 0 Å². The predicted molar refractivity (Wildman–Crippen MR) is 89.6 cm³/mol. The van der Waals surface area contributed by atoms with E-state index in [1.165, 1.54) is 29.4 Å². The van der Waals surface area contributed by atoms with E-state index in [1.807, 2.05) is 4.68 Å². The highest BCUT2D eigenvalue weighted by atomic mass is 79.9. The lowest BCUT2D eigenvalue weighted by atomic mass is 9.96. The summed E-state index contributed by atoms with van der Waals surface area (Å²) in [5, 5.41) is 8.32. The molecule has 0 spiro atoms. The van der Waals surface area contributed by atoms with Crippen LogP contribution in [0.25, 0.3) is 0 Å². The molecule has 120 valence electrons. The van der Waals surface area contributed by atoms with E-state index in [0.29, 0.717) is 12.0 Å². The Balaban J connectivity index is 2.04. The van der Waals surface area contributed by atoms with Gasteiger partial charge in [-0.25, -0.2) is 0 Å². The van der Waals surface area contributed by atoms with Crippen molar-refractivity contribution >= 4 is 15.9 Å². The molecule has 0 aromatic carbocycles. The zero-order chi connectivity index (χ0) is 15.2. The highest BCUT2D eigenvalue weighted by Crippen LogP contribution is 2.25. The Labute approximate surface area is 136 Å². The lowest BCUT2D eigenvalue weighted by Gasteiger charge is -2.21. The lowest BCUT2D eigenvalue weighted by Crippen LogP contribution is -2.34. The smallest absolute Gasteiger partial charge is 0.0766 e. The lowest BCUT2D eigenvalue weighted by molar-refractivity contribution is 0.181. The van der Waals surface area contributed by atoms with Crippen molar-refractivity contribution in [2.24, 2.45) is 13.0 Å². The second kappa shape index (κ2) is 8.30. The molecule has 0 bridgehead atoms. The second-order valence-electron chi connectivity index (χ2n) is 6.01. The number of nitrogens with one attached hydrogen (secondary N) is 1. The van der Waals surface area contributed by atoms with Crippen LogP contribution in [0.3, 0.4) is 0 Å². The fraction of sp³-hybridized carbons (Fsp3) is 0.812. The molecule has 4 nitrogen and oxygen atoms in total. The number of ether oxygens (including phenoxy) is 1. The van der Waals surface area contributed by atoms with Crippen molar-refractivity contribution in [1.82, 2.24) is 15.1 Å². The summed E-state index contributed by atoms with van der Waals surface area (Å²) in [5.41, 5.74) is 2.46. The van der Waals surface area contributed by atoms with Gasteiger partial charge in [0.25, 0.3) is 0 Å². The van der Waals surface area contributed by atoms with Crippen LogP contribution in [0.1, 0.15) is 44.5 Å². The minimum Gasteiger partial charge on any atom is -0.381 e. The Bertz CT molecular complexity index is 441. The Kier molecular flexibility index (Phi) is 6.71. The molecule has 1 fully saturated rings. The van der Waals surface area contributed by atoms with Crippen molar-refractivity contribution in [3.05, 3.63) is 15.9 Å². The molecule has 1 aliphatic heterocycles. The average Bonchev–Trinajstić information content (AvgIpc) is 3.07. The normalized spacial score (nSPS) is 20.1. The first-order valence-electron chi connectivity index (χ1n) is 8.17. The first kappa shape index (κ1) is 17.0. The van der Waals surface area contributed by atoms with E-state index in [9.17, 15) is 0 Å². The van der Waals surface area contributed by atoms with Crippen LogP contribution in [0.2, 0.25) is 0 Å². The molecule has 2 unspecified atom stereocenters. The van der Waals surface area contributed by atoms with Gasteiger partial charge in [0, 0.05) is 32.7 Å². The van der Waals surface area contributed by atoms with Crippen LogP contribution >= 0.6 is 15.9 Å². The van der Waals surface area contributed by atoms with Gasteiger partial charge in [0.15, 0.2) is 0 Å². The molecule has 2 rings (SSSR count). The fourth-order valence-electron chi connectivity index (χ4n) is 3.03. The van der Waals surface area contributed by atoms with Crippen molar-refractivity contribution in [2.45, 2.75) is 52.0 Å². The zero-order valence-electron chi connectivity index (χ0n) is 13.5. The molecule has 2 heterocycles. The maximum absolute atomic E-state index is 5.53. The van der Waals surface area contributed by atoms with Crippen molar-refractivity contribution < 1.29 is 4.74 Å². The Morgan fingerprint density at radius 3 is 2.86 bits per heavy atom. The predicted octanol–water partition coefficient (Wildman–Crippen LogP) is 3.08. The molecule has 1 N–H and O–H groups in total. The quantitative estimate of drug-likeness (QED) is 0.776. The molecule has 2 atom stereocenters. The largest absolute Gasteiger partial charge is 0.381 e. The monoisotopic (exact) mass is 357 g/mol. The van der Waals surface area contributed by atoms with E-state index in [4.69, 9.17) is 4.74 Å². The van der Waals surface area contributed by atoms with Crippen molar-refractivity contribution in [3.8, 4) is 0 Å². The second-order valence-corrected chi connectivity index (χ2v) is 6.80. The van der Waals surface area contributed by atoms with Gasteiger partial charge in [-0.2, -0.15) is 5.10 Å². The van der Waals surface area contributed by atoms with Crippen LogP contribution < -0.4 is 5.32 Å². The van der Waals surface area contributed by atoms with E-state index in [0.717, 1.165) is 38.3 Å².